The summed E-state index contributed by atoms with van der Waals surface area (Å²) >= 11 is 1.14. The summed E-state index contributed by atoms with van der Waals surface area (Å²) in [6.07, 6.45) is 3.12. The van der Waals surface area contributed by atoms with Gasteiger partial charge in [-0.1, -0.05) is 11.3 Å². The van der Waals surface area contributed by atoms with E-state index >= 15 is 0 Å². The third-order valence-electron chi connectivity index (χ3n) is 6.25. The van der Waals surface area contributed by atoms with E-state index in [4.69, 9.17) is 5.26 Å². The maximum Gasteiger partial charge on any atom is 0.285 e. The highest BCUT2D eigenvalue weighted by atomic mass is 32.1. The van der Waals surface area contributed by atoms with Gasteiger partial charge in [0.05, 0.1) is 52.9 Å². The number of nitrogens with one attached hydrogen (secondary N) is 2. The van der Waals surface area contributed by atoms with Crippen LogP contribution in [0.2, 0.25) is 0 Å². The number of halogens is 2. The van der Waals surface area contributed by atoms with Crippen LogP contribution < -0.4 is 15.5 Å². The number of amides is 1. The molecule has 0 spiro atoms. The smallest absolute Gasteiger partial charge is 0.285 e. The first-order valence-electron chi connectivity index (χ1n) is 12.0. The fourth-order valence-corrected chi connectivity index (χ4v) is 5.28. The molecule has 2 N–H and O–H groups in total. The van der Waals surface area contributed by atoms with Crippen LogP contribution in [0.5, 0.6) is 0 Å². The molecule has 1 aliphatic rings. The molecule has 0 aliphatic carbocycles. The lowest BCUT2D eigenvalue weighted by Gasteiger charge is -2.38. The number of pyridine rings is 1. The van der Waals surface area contributed by atoms with Crippen LogP contribution in [0.15, 0.2) is 36.7 Å². The molecule has 1 amide bonds. The van der Waals surface area contributed by atoms with E-state index < -0.39 is 30.5 Å². The van der Waals surface area contributed by atoms with Crippen molar-refractivity contribution in [3.63, 3.8) is 0 Å². The number of piperidine rings is 1. The van der Waals surface area contributed by atoms with Crippen LogP contribution in [0, 0.1) is 22.7 Å². The van der Waals surface area contributed by atoms with Gasteiger partial charge in [-0.05, 0) is 37.6 Å². The second kappa shape index (κ2) is 10.2. The highest BCUT2D eigenvalue weighted by Gasteiger charge is 2.45. The number of hydrogen-bond donors (Lipinski definition) is 2. The summed E-state index contributed by atoms with van der Waals surface area (Å²) in [5, 5.41) is 37.5. The Balaban J connectivity index is 1.46. The average molecular weight is 549 g/mol. The fourth-order valence-electron chi connectivity index (χ4n) is 4.38. The first kappa shape index (κ1) is 25.9. The molecule has 1 aliphatic heterocycles. The lowest BCUT2D eigenvalue weighted by molar-refractivity contribution is -0.124. The summed E-state index contributed by atoms with van der Waals surface area (Å²) in [6.45, 7) is 2.61. The molecular formula is C25H22F2N10OS. The lowest BCUT2D eigenvalue weighted by atomic mass is 10.0. The second-order valence-electron chi connectivity index (χ2n) is 9.14. The molecule has 0 aromatic carbocycles. The third-order valence-corrected chi connectivity index (χ3v) is 7.27. The Kier molecular flexibility index (Phi) is 6.80. The molecule has 1 fully saturated rings. The van der Waals surface area contributed by atoms with E-state index in [0.29, 0.717) is 38.3 Å². The van der Waals surface area contributed by atoms with Crippen molar-refractivity contribution in [2.75, 3.05) is 23.3 Å². The van der Waals surface area contributed by atoms with E-state index in [1.54, 1.807) is 29.8 Å². The Labute approximate surface area is 225 Å². The highest BCUT2D eigenvalue weighted by Crippen LogP contribution is 2.38. The number of aromatic nitrogens is 5. The molecule has 5 heterocycles. The molecule has 1 saturated heterocycles. The second-order valence-corrected chi connectivity index (χ2v) is 10.1. The zero-order chi connectivity index (χ0) is 27.7. The minimum absolute atomic E-state index is 0.0689. The number of alkyl halides is 2. The van der Waals surface area contributed by atoms with Crippen LogP contribution in [-0.2, 0) is 4.79 Å². The number of hydrogen-bond acceptors (Lipinski definition) is 10. The number of fused-ring (bicyclic) bond motifs is 1. The zero-order valence-electron chi connectivity index (χ0n) is 20.9. The Morgan fingerprint density at radius 1 is 1.26 bits per heavy atom. The molecule has 4 aromatic heterocycles. The van der Waals surface area contributed by atoms with E-state index in [0.717, 1.165) is 16.9 Å². The van der Waals surface area contributed by atoms with E-state index in [-0.39, 0.29) is 13.0 Å². The summed E-state index contributed by atoms with van der Waals surface area (Å²) in [6, 6.07) is 9.56. The van der Waals surface area contributed by atoms with E-state index in [1.165, 1.54) is 18.0 Å². The van der Waals surface area contributed by atoms with Crippen molar-refractivity contribution >= 4 is 33.6 Å². The van der Waals surface area contributed by atoms with Gasteiger partial charge in [0.1, 0.15) is 12.1 Å². The predicted molar refractivity (Wildman–Crippen MR) is 140 cm³/mol. The van der Waals surface area contributed by atoms with E-state index in [2.05, 4.69) is 43.1 Å². The van der Waals surface area contributed by atoms with Crippen molar-refractivity contribution in [3.05, 3.63) is 42.2 Å². The highest BCUT2D eigenvalue weighted by molar-refractivity contribution is 7.18. The van der Waals surface area contributed by atoms with Crippen LogP contribution in [0.25, 0.3) is 27.5 Å². The lowest BCUT2D eigenvalue weighted by Crippen LogP contribution is -2.58. The summed E-state index contributed by atoms with van der Waals surface area (Å²) in [4.78, 5) is 17.3. The van der Waals surface area contributed by atoms with Crippen molar-refractivity contribution in [1.82, 2.24) is 30.1 Å². The van der Waals surface area contributed by atoms with Crippen LogP contribution in [0.1, 0.15) is 25.8 Å². The monoisotopic (exact) mass is 548 g/mol. The molecule has 0 bridgehead atoms. The van der Waals surface area contributed by atoms with Gasteiger partial charge in [-0.15, -0.1) is 10.2 Å². The largest absolute Gasteiger partial charge is 0.369 e. The van der Waals surface area contributed by atoms with Gasteiger partial charge >= 0.3 is 0 Å². The van der Waals surface area contributed by atoms with Crippen LogP contribution in [0.4, 0.5) is 19.6 Å². The summed E-state index contributed by atoms with van der Waals surface area (Å²) in [5.74, 6) is -3.62. The topological polar surface area (TPSA) is 148 Å². The summed E-state index contributed by atoms with van der Waals surface area (Å²) < 4.78 is 31.1. The zero-order valence-corrected chi connectivity index (χ0v) is 21.7. The van der Waals surface area contributed by atoms with Crippen molar-refractivity contribution in [2.24, 2.45) is 0 Å². The summed E-state index contributed by atoms with van der Waals surface area (Å²) in [7, 11) is 0. The van der Waals surface area contributed by atoms with E-state index in [1.807, 2.05) is 12.1 Å². The molecule has 5 rings (SSSR count). The van der Waals surface area contributed by atoms with Crippen LogP contribution in [0.3, 0.4) is 0 Å². The molecule has 198 valence electrons. The van der Waals surface area contributed by atoms with Gasteiger partial charge in [0.25, 0.3) is 5.92 Å². The molecule has 0 radical (unpaired) electrons. The Morgan fingerprint density at radius 3 is 2.79 bits per heavy atom. The van der Waals surface area contributed by atoms with Crippen molar-refractivity contribution < 1.29 is 13.6 Å². The molecule has 39 heavy (non-hydrogen) atoms. The van der Waals surface area contributed by atoms with Crippen LogP contribution >= 0.6 is 11.3 Å². The number of anilines is 2. The normalized spacial score (nSPS) is 17.3. The minimum atomic E-state index is -3.13. The van der Waals surface area contributed by atoms with Gasteiger partial charge in [0, 0.05) is 25.4 Å². The average Bonchev–Trinajstić information content (AvgIpc) is 3.56. The number of carbonyl (C=O) groups is 1. The first-order chi connectivity index (χ1) is 18.7. The van der Waals surface area contributed by atoms with Gasteiger partial charge in [0.15, 0.2) is 5.01 Å². The minimum Gasteiger partial charge on any atom is -0.369 e. The molecule has 14 heteroatoms. The molecule has 0 unspecified atom stereocenters. The molecule has 2 atom stereocenters. The third kappa shape index (κ3) is 5.19. The summed E-state index contributed by atoms with van der Waals surface area (Å²) in [5.41, 5.74) is 3.52. The quantitative estimate of drug-likeness (QED) is 0.369. The molecule has 11 nitrogen and oxygen atoms in total. The van der Waals surface area contributed by atoms with Crippen LogP contribution in [-0.4, -0.2) is 61.8 Å². The van der Waals surface area contributed by atoms with Gasteiger partial charge in [-0.2, -0.15) is 15.6 Å². The molecule has 0 saturated carbocycles. The van der Waals surface area contributed by atoms with Gasteiger partial charge in [-0.3, -0.25) is 9.78 Å². The Bertz CT molecular complexity index is 1640. The molecular weight excluding hydrogens is 526 g/mol. The van der Waals surface area contributed by atoms with Crippen molar-refractivity contribution in [2.45, 2.75) is 38.3 Å². The maximum absolute atomic E-state index is 14.7. The van der Waals surface area contributed by atoms with Gasteiger partial charge in [-0.25, -0.2) is 13.3 Å². The maximum atomic E-state index is 14.7. The fraction of sp³-hybridized carbons (Fsp3) is 0.320. The number of nitrogens with zero attached hydrogens (tertiary/aromatic N) is 8. The predicted octanol–water partition coefficient (Wildman–Crippen LogP) is 3.46. The number of carbonyl (C=O) groups excluding carboxylic acids is 1. The standard InChI is InChI=1S/C25H22F2N10OS/c1-14(9-28)32-19-8-20(21-4-3-17-7-16(10-29)11-31-37(17)21)30-12-18(19)23-34-35-24(39-23)36-6-5-22(33-15(2)38)25(26,27)13-36/h3-4,7-8,11-12,14,22H,5-6,13H2,1-2H3,(H,30,32)(H,33,38)/t14-,22-/m1/s1. The van der Waals surface area contributed by atoms with E-state index in [9.17, 15) is 18.8 Å². The van der Waals surface area contributed by atoms with Gasteiger partial charge < -0.3 is 15.5 Å². The van der Waals surface area contributed by atoms with Gasteiger partial charge in [0.2, 0.25) is 11.0 Å². The number of nitriles is 2. The Morgan fingerprint density at radius 2 is 2.08 bits per heavy atom. The van der Waals surface area contributed by atoms with Crippen molar-refractivity contribution in [1.29, 1.82) is 10.5 Å². The molecule has 4 aromatic rings. The van der Waals surface area contributed by atoms with Crippen molar-refractivity contribution in [3.8, 4) is 34.1 Å². The number of rotatable bonds is 6. The first-order valence-corrected chi connectivity index (χ1v) is 12.8. The Hall–Kier alpha value is -4.69. The SMILES string of the molecule is CC(=O)N[C@@H]1CCN(c2nnc(-c3cnc(-c4ccc5cc(C#N)cnn45)cc3N[C@H](C)C#N)s2)CC1(F)F.